The first-order valence-corrected chi connectivity index (χ1v) is 7.17. The second-order valence-electron chi connectivity index (χ2n) is 6.18. The van der Waals surface area contributed by atoms with E-state index in [4.69, 9.17) is 0 Å². The monoisotopic (exact) mass is 254 g/mol. The number of carbonyl (C=O) groups excluding carboxylic acids is 1. The molecule has 4 heteroatoms. The molecule has 2 aliphatic rings. The Hall–Kier alpha value is -0.610. The molecular formula is C14H26N2O2. The number of piperidine rings is 1. The van der Waals surface area contributed by atoms with Crippen molar-refractivity contribution in [3.8, 4) is 0 Å². The van der Waals surface area contributed by atoms with Gasteiger partial charge in [-0.05, 0) is 39.8 Å². The molecule has 1 amide bonds. The van der Waals surface area contributed by atoms with Gasteiger partial charge in [-0.1, -0.05) is 12.8 Å². The van der Waals surface area contributed by atoms with E-state index in [9.17, 15) is 9.90 Å². The molecule has 0 aromatic rings. The summed E-state index contributed by atoms with van der Waals surface area (Å²) in [5, 5.41) is 10.3. The molecule has 0 spiro atoms. The maximum atomic E-state index is 12.2. The quantitative estimate of drug-likeness (QED) is 0.824. The number of aliphatic hydroxyl groups is 1. The van der Waals surface area contributed by atoms with E-state index in [1.165, 1.54) is 0 Å². The molecule has 1 saturated heterocycles. The molecule has 4 nitrogen and oxygen atoms in total. The molecular weight excluding hydrogens is 228 g/mol. The maximum absolute atomic E-state index is 12.2. The van der Waals surface area contributed by atoms with Gasteiger partial charge in [0.15, 0.2) is 0 Å². The predicted octanol–water partition coefficient (Wildman–Crippen LogP) is 1.23. The maximum Gasteiger partial charge on any atom is 0.225 e. The van der Waals surface area contributed by atoms with E-state index in [0.717, 1.165) is 51.6 Å². The van der Waals surface area contributed by atoms with Crippen LogP contribution in [0.5, 0.6) is 0 Å². The van der Waals surface area contributed by atoms with Crippen molar-refractivity contribution in [3.63, 3.8) is 0 Å². The lowest BCUT2D eigenvalue weighted by molar-refractivity contribution is -0.137. The number of hydrogen-bond acceptors (Lipinski definition) is 3. The van der Waals surface area contributed by atoms with Crippen LogP contribution in [0.15, 0.2) is 0 Å². The fourth-order valence-electron chi connectivity index (χ4n) is 3.23. The zero-order valence-electron chi connectivity index (χ0n) is 11.7. The molecule has 1 aliphatic heterocycles. The summed E-state index contributed by atoms with van der Waals surface area (Å²) in [6.45, 7) is 1.69. The van der Waals surface area contributed by atoms with Crippen molar-refractivity contribution in [2.75, 3.05) is 27.2 Å². The molecule has 0 atom stereocenters. The molecule has 2 rings (SSSR count). The molecule has 0 radical (unpaired) electrons. The van der Waals surface area contributed by atoms with Crippen LogP contribution in [0.4, 0.5) is 0 Å². The van der Waals surface area contributed by atoms with Gasteiger partial charge in [0.05, 0.1) is 12.0 Å². The van der Waals surface area contributed by atoms with Crippen LogP contribution in [0.2, 0.25) is 0 Å². The third-order valence-corrected chi connectivity index (χ3v) is 4.56. The van der Waals surface area contributed by atoms with Gasteiger partial charge in [0.1, 0.15) is 0 Å². The highest BCUT2D eigenvalue weighted by atomic mass is 16.3. The van der Waals surface area contributed by atoms with Gasteiger partial charge in [0, 0.05) is 19.1 Å². The topological polar surface area (TPSA) is 43.8 Å². The molecule has 1 saturated carbocycles. The number of amides is 1. The van der Waals surface area contributed by atoms with Crippen molar-refractivity contribution in [1.82, 2.24) is 9.80 Å². The Morgan fingerprint density at radius 2 is 1.83 bits per heavy atom. The molecule has 1 N–H and O–H groups in total. The van der Waals surface area contributed by atoms with Crippen LogP contribution in [0.3, 0.4) is 0 Å². The van der Waals surface area contributed by atoms with Crippen LogP contribution in [-0.4, -0.2) is 59.6 Å². The Morgan fingerprint density at radius 3 is 2.33 bits per heavy atom. The second kappa shape index (κ2) is 5.57. The summed E-state index contributed by atoms with van der Waals surface area (Å²) in [6.07, 6.45) is 6.16. The number of rotatable bonds is 3. The number of likely N-dealkylation sites (tertiary alicyclic amines) is 1. The first kappa shape index (κ1) is 13.8. The third kappa shape index (κ3) is 3.23. The predicted molar refractivity (Wildman–Crippen MR) is 71.3 cm³/mol. The third-order valence-electron chi connectivity index (χ3n) is 4.56. The van der Waals surface area contributed by atoms with Crippen molar-refractivity contribution < 1.29 is 9.90 Å². The van der Waals surface area contributed by atoms with Gasteiger partial charge in [-0.25, -0.2) is 0 Å². The smallest absolute Gasteiger partial charge is 0.225 e. The minimum absolute atomic E-state index is 0.150. The van der Waals surface area contributed by atoms with Crippen LogP contribution in [-0.2, 0) is 4.79 Å². The summed E-state index contributed by atoms with van der Waals surface area (Å²) in [6, 6.07) is 0.601. The van der Waals surface area contributed by atoms with Crippen molar-refractivity contribution in [2.24, 2.45) is 0 Å². The average Bonchev–Trinajstić information content (AvgIpc) is 2.76. The number of hydrogen-bond donors (Lipinski definition) is 1. The summed E-state index contributed by atoms with van der Waals surface area (Å²) in [5.74, 6) is 0.150. The molecule has 104 valence electrons. The Balaban J connectivity index is 1.80. The van der Waals surface area contributed by atoms with E-state index in [1.54, 1.807) is 0 Å². The lowest BCUT2D eigenvalue weighted by atomic mass is 9.96. The van der Waals surface area contributed by atoms with Gasteiger partial charge in [0.25, 0.3) is 0 Å². The molecule has 0 aromatic heterocycles. The van der Waals surface area contributed by atoms with Crippen LogP contribution < -0.4 is 0 Å². The standard InChI is InChI=1S/C14H26N2O2/c1-15(2)12-5-9-16(10-6-12)13(17)11-14(18)7-3-4-8-14/h12,18H,3-11H2,1-2H3. The largest absolute Gasteiger partial charge is 0.389 e. The van der Waals surface area contributed by atoms with Crippen LogP contribution in [0.25, 0.3) is 0 Å². The van der Waals surface area contributed by atoms with Crippen LogP contribution >= 0.6 is 0 Å². The van der Waals surface area contributed by atoms with E-state index in [2.05, 4.69) is 19.0 Å². The highest BCUT2D eigenvalue weighted by Gasteiger charge is 2.35. The zero-order chi connectivity index (χ0) is 13.2. The molecule has 1 aliphatic carbocycles. The van der Waals surface area contributed by atoms with Gasteiger partial charge in [0.2, 0.25) is 5.91 Å². The van der Waals surface area contributed by atoms with Gasteiger partial charge in [-0.2, -0.15) is 0 Å². The Kier molecular flexibility index (Phi) is 4.28. The van der Waals surface area contributed by atoms with E-state index < -0.39 is 5.60 Å². The molecule has 0 unspecified atom stereocenters. The normalized spacial score (nSPS) is 24.8. The summed E-state index contributed by atoms with van der Waals surface area (Å²) in [4.78, 5) is 16.4. The Morgan fingerprint density at radius 1 is 1.28 bits per heavy atom. The van der Waals surface area contributed by atoms with E-state index in [1.807, 2.05) is 4.90 Å². The van der Waals surface area contributed by atoms with Gasteiger partial charge in [-0.3, -0.25) is 4.79 Å². The van der Waals surface area contributed by atoms with Gasteiger partial charge >= 0.3 is 0 Å². The first-order valence-electron chi connectivity index (χ1n) is 7.17. The minimum Gasteiger partial charge on any atom is -0.389 e. The van der Waals surface area contributed by atoms with Gasteiger partial charge < -0.3 is 14.9 Å². The molecule has 18 heavy (non-hydrogen) atoms. The summed E-state index contributed by atoms with van der Waals surface area (Å²) in [5.41, 5.74) is -0.699. The van der Waals surface area contributed by atoms with Crippen molar-refractivity contribution in [3.05, 3.63) is 0 Å². The molecule has 0 bridgehead atoms. The lowest BCUT2D eigenvalue weighted by Gasteiger charge is -2.36. The SMILES string of the molecule is CN(C)C1CCN(C(=O)CC2(O)CCCC2)CC1. The van der Waals surface area contributed by atoms with E-state index in [-0.39, 0.29) is 5.91 Å². The minimum atomic E-state index is -0.699. The zero-order valence-corrected chi connectivity index (χ0v) is 11.7. The average molecular weight is 254 g/mol. The molecule has 0 aromatic carbocycles. The van der Waals surface area contributed by atoms with E-state index >= 15 is 0 Å². The van der Waals surface area contributed by atoms with Crippen molar-refractivity contribution in [2.45, 2.75) is 56.6 Å². The van der Waals surface area contributed by atoms with E-state index in [0.29, 0.717) is 12.5 Å². The fraction of sp³-hybridized carbons (Fsp3) is 0.929. The van der Waals surface area contributed by atoms with Crippen molar-refractivity contribution >= 4 is 5.91 Å². The van der Waals surface area contributed by atoms with Gasteiger partial charge in [-0.15, -0.1) is 0 Å². The summed E-state index contributed by atoms with van der Waals surface area (Å²) in [7, 11) is 4.20. The number of carbonyl (C=O) groups is 1. The first-order chi connectivity index (χ1) is 8.50. The Bertz CT molecular complexity index is 290. The number of nitrogens with zero attached hydrogens (tertiary/aromatic N) is 2. The summed E-state index contributed by atoms with van der Waals surface area (Å²) < 4.78 is 0. The highest BCUT2D eigenvalue weighted by Crippen LogP contribution is 2.33. The second-order valence-corrected chi connectivity index (χ2v) is 6.18. The van der Waals surface area contributed by atoms with Crippen LogP contribution in [0.1, 0.15) is 44.9 Å². The molecule has 2 fully saturated rings. The Labute approximate surface area is 110 Å². The lowest BCUT2D eigenvalue weighted by Crippen LogP contribution is -2.46. The highest BCUT2D eigenvalue weighted by molar-refractivity contribution is 5.77. The van der Waals surface area contributed by atoms with Crippen LogP contribution in [0, 0.1) is 0 Å². The van der Waals surface area contributed by atoms with Crippen molar-refractivity contribution in [1.29, 1.82) is 0 Å². The fourth-order valence-corrected chi connectivity index (χ4v) is 3.23. The summed E-state index contributed by atoms with van der Waals surface area (Å²) >= 11 is 0. The molecule has 1 heterocycles.